The lowest BCUT2D eigenvalue weighted by molar-refractivity contribution is -0.0488. The third-order valence-electron chi connectivity index (χ3n) is 2.57. The quantitative estimate of drug-likeness (QED) is 0.512. The molecule has 0 aliphatic rings. The molecule has 0 radical (unpaired) electrons. The number of hydrogen-bond donors (Lipinski definition) is 4. The molecule has 0 aliphatic heterocycles. The number of ether oxygens (including phenoxy) is 1. The van der Waals surface area contributed by atoms with Crippen molar-refractivity contribution in [1.29, 1.82) is 0 Å². The van der Waals surface area contributed by atoms with Gasteiger partial charge in [0.25, 0.3) is 0 Å². The standard InChI is InChI=1S/C10H16N6O3/c1-12-8-7-9(15-10(11)14-8)16(4-13-7)5-19-6(2-17)3-18/h4,6,17-18H,2-3,5H2,1H3,(H3,11,12,14,15). The van der Waals surface area contributed by atoms with Crippen LogP contribution in [0.3, 0.4) is 0 Å². The van der Waals surface area contributed by atoms with Crippen molar-refractivity contribution in [2.45, 2.75) is 12.8 Å². The molecule has 2 aromatic heterocycles. The zero-order valence-electron chi connectivity index (χ0n) is 10.4. The van der Waals surface area contributed by atoms with E-state index in [1.54, 1.807) is 11.6 Å². The van der Waals surface area contributed by atoms with Gasteiger partial charge in [-0.15, -0.1) is 0 Å². The van der Waals surface area contributed by atoms with Crippen LogP contribution in [0, 0.1) is 0 Å². The predicted molar refractivity (Wildman–Crippen MR) is 68.3 cm³/mol. The number of rotatable bonds is 6. The lowest BCUT2D eigenvalue weighted by atomic mass is 10.4. The number of nitrogens with two attached hydrogens (primary N) is 1. The van der Waals surface area contributed by atoms with E-state index in [1.165, 1.54) is 6.33 Å². The SMILES string of the molecule is CNc1nc(N)nc2c1ncn2COC(CO)CO. The Morgan fingerprint density at radius 1 is 1.42 bits per heavy atom. The van der Waals surface area contributed by atoms with E-state index in [0.717, 1.165) is 0 Å². The van der Waals surface area contributed by atoms with Gasteiger partial charge >= 0.3 is 0 Å². The summed E-state index contributed by atoms with van der Waals surface area (Å²) in [5, 5.41) is 20.7. The normalized spacial score (nSPS) is 11.4. The number of nitrogen functional groups attached to an aromatic ring is 1. The van der Waals surface area contributed by atoms with Crippen molar-refractivity contribution in [3.63, 3.8) is 0 Å². The molecule has 0 fully saturated rings. The van der Waals surface area contributed by atoms with Gasteiger partial charge in [0, 0.05) is 7.05 Å². The molecule has 9 heteroatoms. The maximum Gasteiger partial charge on any atom is 0.224 e. The lowest BCUT2D eigenvalue weighted by Gasteiger charge is -2.13. The highest BCUT2D eigenvalue weighted by molar-refractivity contribution is 5.83. The van der Waals surface area contributed by atoms with Crippen molar-refractivity contribution in [1.82, 2.24) is 19.5 Å². The van der Waals surface area contributed by atoms with E-state index < -0.39 is 6.10 Å². The second-order valence-corrected chi connectivity index (χ2v) is 3.85. The smallest absolute Gasteiger partial charge is 0.224 e. The van der Waals surface area contributed by atoms with E-state index >= 15 is 0 Å². The van der Waals surface area contributed by atoms with Crippen LogP contribution in [-0.2, 0) is 11.5 Å². The molecule has 2 rings (SSSR count). The molecule has 5 N–H and O–H groups in total. The zero-order valence-corrected chi connectivity index (χ0v) is 10.4. The number of aliphatic hydroxyl groups is 2. The van der Waals surface area contributed by atoms with Crippen molar-refractivity contribution in [3.8, 4) is 0 Å². The van der Waals surface area contributed by atoms with E-state index in [2.05, 4.69) is 20.3 Å². The molecule has 2 heterocycles. The summed E-state index contributed by atoms with van der Waals surface area (Å²) in [6.07, 6.45) is 0.895. The van der Waals surface area contributed by atoms with Crippen LogP contribution in [0.2, 0.25) is 0 Å². The summed E-state index contributed by atoms with van der Waals surface area (Å²) < 4.78 is 6.93. The van der Waals surface area contributed by atoms with Crippen molar-refractivity contribution < 1.29 is 14.9 Å². The molecular weight excluding hydrogens is 252 g/mol. The van der Waals surface area contributed by atoms with Crippen molar-refractivity contribution >= 4 is 22.9 Å². The highest BCUT2D eigenvalue weighted by atomic mass is 16.5. The summed E-state index contributed by atoms with van der Waals surface area (Å²) >= 11 is 0. The summed E-state index contributed by atoms with van der Waals surface area (Å²) in [7, 11) is 1.71. The topological polar surface area (TPSA) is 131 Å². The number of aliphatic hydroxyl groups excluding tert-OH is 2. The van der Waals surface area contributed by atoms with Crippen LogP contribution >= 0.6 is 0 Å². The summed E-state index contributed by atoms with van der Waals surface area (Å²) in [5.41, 5.74) is 6.71. The largest absolute Gasteiger partial charge is 0.394 e. The van der Waals surface area contributed by atoms with E-state index in [9.17, 15) is 0 Å². The van der Waals surface area contributed by atoms with E-state index in [1.807, 2.05) is 0 Å². The highest BCUT2D eigenvalue weighted by Crippen LogP contribution is 2.19. The van der Waals surface area contributed by atoms with Crippen molar-refractivity contribution in [3.05, 3.63) is 6.33 Å². The molecular formula is C10H16N6O3. The molecule has 0 bridgehead atoms. The van der Waals surface area contributed by atoms with E-state index in [0.29, 0.717) is 17.0 Å². The van der Waals surface area contributed by atoms with E-state index in [-0.39, 0.29) is 25.9 Å². The summed E-state index contributed by atoms with van der Waals surface area (Å²) in [5.74, 6) is 0.654. The molecule has 19 heavy (non-hydrogen) atoms. The molecule has 2 aromatic rings. The summed E-state index contributed by atoms with van der Waals surface area (Å²) in [6, 6.07) is 0. The second kappa shape index (κ2) is 5.78. The Labute approximate surface area is 109 Å². The first-order chi connectivity index (χ1) is 9.19. The minimum atomic E-state index is -0.639. The van der Waals surface area contributed by atoms with Gasteiger partial charge in [0.15, 0.2) is 17.0 Å². The van der Waals surface area contributed by atoms with Crippen molar-refractivity contribution in [2.24, 2.45) is 0 Å². The van der Waals surface area contributed by atoms with Crippen LogP contribution in [0.25, 0.3) is 11.2 Å². The predicted octanol–water partition coefficient (Wildman–Crippen LogP) is -1.22. The minimum absolute atomic E-state index is 0.0991. The van der Waals surface area contributed by atoms with Gasteiger partial charge in [0.05, 0.1) is 19.5 Å². The average Bonchev–Trinajstić information content (AvgIpc) is 2.82. The molecule has 0 saturated carbocycles. The second-order valence-electron chi connectivity index (χ2n) is 3.85. The molecule has 0 aliphatic carbocycles. The molecule has 0 unspecified atom stereocenters. The molecule has 0 saturated heterocycles. The number of anilines is 2. The van der Waals surface area contributed by atoms with Crippen LogP contribution in [0.5, 0.6) is 0 Å². The first-order valence-electron chi connectivity index (χ1n) is 5.69. The van der Waals surface area contributed by atoms with Crippen LogP contribution in [0.15, 0.2) is 6.33 Å². The third kappa shape index (κ3) is 2.72. The Morgan fingerprint density at radius 2 is 2.16 bits per heavy atom. The van der Waals surface area contributed by atoms with Crippen LogP contribution in [0.1, 0.15) is 0 Å². The molecule has 9 nitrogen and oxygen atoms in total. The first-order valence-corrected chi connectivity index (χ1v) is 5.69. The Balaban J connectivity index is 2.27. The van der Waals surface area contributed by atoms with Gasteiger partial charge in [-0.2, -0.15) is 9.97 Å². The van der Waals surface area contributed by atoms with Gasteiger partial charge in [-0.3, -0.25) is 4.57 Å². The Hall–Kier alpha value is -1.97. The Morgan fingerprint density at radius 3 is 2.79 bits per heavy atom. The zero-order chi connectivity index (χ0) is 13.8. The maximum absolute atomic E-state index is 8.93. The minimum Gasteiger partial charge on any atom is -0.394 e. The molecule has 0 amide bonds. The summed E-state index contributed by atoms with van der Waals surface area (Å²) in [4.78, 5) is 12.3. The first kappa shape index (κ1) is 13.5. The van der Waals surface area contributed by atoms with Gasteiger partial charge in [0.2, 0.25) is 5.95 Å². The number of aromatic nitrogens is 4. The van der Waals surface area contributed by atoms with E-state index in [4.69, 9.17) is 20.7 Å². The Bertz CT molecular complexity index is 553. The molecule has 0 spiro atoms. The van der Waals surface area contributed by atoms with Gasteiger partial charge in [-0.25, -0.2) is 4.98 Å². The maximum atomic E-state index is 8.93. The Kier molecular flexibility index (Phi) is 4.10. The van der Waals surface area contributed by atoms with Crippen molar-refractivity contribution in [2.75, 3.05) is 31.3 Å². The van der Waals surface area contributed by atoms with Crippen LogP contribution in [0.4, 0.5) is 11.8 Å². The molecule has 0 aromatic carbocycles. The average molecular weight is 268 g/mol. The number of nitrogens with one attached hydrogen (secondary N) is 1. The number of hydrogen-bond acceptors (Lipinski definition) is 8. The fourth-order valence-electron chi connectivity index (χ4n) is 1.58. The highest BCUT2D eigenvalue weighted by Gasteiger charge is 2.12. The summed E-state index contributed by atoms with van der Waals surface area (Å²) in [6.45, 7) is -0.425. The van der Waals surface area contributed by atoms with Crippen LogP contribution < -0.4 is 11.1 Å². The molecule has 104 valence electrons. The third-order valence-corrected chi connectivity index (χ3v) is 2.57. The lowest BCUT2D eigenvalue weighted by Crippen LogP contribution is -2.23. The van der Waals surface area contributed by atoms with Gasteiger partial charge < -0.3 is 26.0 Å². The van der Waals surface area contributed by atoms with Crippen LogP contribution in [-0.4, -0.2) is 56.1 Å². The fourth-order valence-corrected chi connectivity index (χ4v) is 1.58. The fraction of sp³-hybridized carbons (Fsp3) is 0.500. The van der Waals surface area contributed by atoms with Gasteiger partial charge in [0.1, 0.15) is 12.8 Å². The van der Waals surface area contributed by atoms with Gasteiger partial charge in [-0.05, 0) is 0 Å². The molecule has 0 atom stereocenters. The number of fused-ring (bicyclic) bond motifs is 1. The number of imidazole rings is 1. The number of nitrogens with zero attached hydrogens (tertiary/aromatic N) is 4. The van der Waals surface area contributed by atoms with Gasteiger partial charge in [-0.1, -0.05) is 0 Å². The monoisotopic (exact) mass is 268 g/mol.